The van der Waals surface area contributed by atoms with Crippen LogP contribution in [0.4, 0.5) is 0 Å². The fourth-order valence-corrected chi connectivity index (χ4v) is 2.67. The molecule has 1 heterocycles. The number of benzene rings is 1. The van der Waals surface area contributed by atoms with Crippen molar-refractivity contribution in [3.63, 3.8) is 0 Å². The van der Waals surface area contributed by atoms with Gasteiger partial charge in [0.15, 0.2) is 0 Å². The Kier molecular flexibility index (Phi) is 6.45. The van der Waals surface area contributed by atoms with Crippen molar-refractivity contribution in [2.24, 2.45) is 0 Å². The van der Waals surface area contributed by atoms with Crippen molar-refractivity contribution in [3.05, 3.63) is 29.8 Å². The van der Waals surface area contributed by atoms with Gasteiger partial charge in [-0.15, -0.1) is 0 Å². The fourth-order valence-electron chi connectivity index (χ4n) is 2.67. The number of β-amino-alcohol motifs (C(OH)–C–C–N with tert-alkyl or cyclic N) is 2. The molecule has 1 aromatic carbocycles. The molecule has 0 aliphatic carbocycles. The Morgan fingerprint density at radius 1 is 1.38 bits per heavy atom. The minimum atomic E-state index is -0.537. The number of rotatable bonds is 7. The maximum Gasteiger partial charge on any atom is 0.124 e. The first-order chi connectivity index (χ1) is 10.2. The minimum Gasteiger partial charge on any atom is -0.496 e. The quantitative estimate of drug-likeness (QED) is 0.787. The Balaban J connectivity index is 1.70. The highest BCUT2D eigenvalue weighted by Gasteiger charge is 2.20. The lowest BCUT2D eigenvalue weighted by molar-refractivity contribution is -0.00765. The van der Waals surface area contributed by atoms with Gasteiger partial charge in [0.1, 0.15) is 5.75 Å². The number of likely N-dealkylation sites (tertiary alicyclic amines) is 1. The van der Waals surface area contributed by atoms with Gasteiger partial charge in [-0.2, -0.15) is 0 Å². The topological polar surface area (TPSA) is 62.2 Å². The second kappa shape index (κ2) is 8.34. The maximum absolute atomic E-state index is 10.0. The molecule has 1 fully saturated rings. The van der Waals surface area contributed by atoms with Crippen LogP contribution in [0.3, 0.4) is 0 Å². The van der Waals surface area contributed by atoms with E-state index in [-0.39, 0.29) is 12.7 Å². The molecule has 5 nitrogen and oxygen atoms in total. The van der Waals surface area contributed by atoms with Crippen molar-refractivity contribution in [2.75, 3.05) is 33.4 Å². The van der Waals surface area contributed by atoms with Crippen molar-refractivity contribution in [1.29, 1.82) is 0 Å². The third-order valence-corrected chi connectivity index (χ3v) is 3.71. The average Bonchev–Trinajstić information content (AvgIpc) is 2.47. The van der Waals surface area contributed by atoms with Crippen molar-refractivity contribution < 1.29 is 19.7 Å². The van der Waals surface area contributed by atoms with E-state index < -0.39 is 6.10 Å². The predicted octanol–water partition coefficient (Wildman–Crippen LogP) is 1.03. The van der Waals surface area contributed by atoms with Gasteiger partial charge in [0.25, 0.3) is 0 Å². The van der Waals surface area contributed by atoms with Crippen LogP contribution in [0.1, 0.15) is 18.4 Å². The number of para-hydroxylation sites is 1. The first-order valence-electron chi connectivity index (χ1n) is 7.47. The minimum absolute atomic E-state index is 0.263. The molecule has 118 valence electrons. The number of methoxy groups -OCH3 is 1. The lowest BCUT2D eigenvalue weighted by Gasteiger charge is -2.31. The molecule has 1 saturated heterocycles. The van der Waals surface area contributed by atoms with E-state index in [9.17, 15) is 10.2 Å². The Morgan fingerprint density at radius 3 is 2.95 bits per heavy atom. The van der Waals surface area contributed by atoms with Crippen LogP contribution in [0.5, 0.6) is 5.75 Å². The summed E-state index contributed by atoms with van der Waals surface area (Å²) in [4.78, 5) is 2.09. The third kappa shape index (κ3) is 5.28. The van der Waals surface area contributed by atoms with Crippen LogP contribution < -0.4 is 4.74 Å². The standard InChI is InChI=1S/C16H25NO4/c1-20-16-7-3-2-5-13(16)11-21-12-15(19)10-17-8-4-6-14(18)9-17/h2-3,5,7,14-15,18-19H,4,6,8-12H2,1H3/t14-,15-/m0/s1. The molecule has 2 N–H and O–H groups in total. The van der Waals surface area contributed by atoms with Gasteiger partial charge in [-0.3, -0.25) is 4.90 Å². The Labute approximate surface area is 126 Å². The normalized spacial score (nSPS) is 21.2. The smallest absolute Gasteiger partial charge is 0.124 e. The molecule has 0 bridgehead atoms. The zero-order chi connectivity index (χ0) is 15.1. The van der Waals surface area contributed by atoms with Crippen LogP contribution in [-0.4, -0.2) is 60.7 Å². The first kappa shape index (κ1) is 16.2. The van der Waals surface area contributed by atoms with Crippen LogP contribution in [0.2, 0.25) is 0 Å². The molecule has 0 radical (unpaired) electrons. The molecule has 0 unspecified atom stereocenters. The van der Waals surface area contributed by atoms with Gasteiger partial charge in [-0.1, -0.05) is 18.2 Å². The summed E-state index contributed by atoms with van der Waals surface area (Å²) in [5.41, 5.74) is 0.973. The molecule has 2 rings (SSSR count). The Bertz CT molecular complexity index is 426. The lowest BCUT2D eigenvalue weighted by Crippen LogP contribution is -2.43. The van der Waals surface area contributed by atoms with E-state index >= 15 is 0 Å². The number of hydrogen-bond donors (Lipinski definition) is 2. The first-order valence-corrected chi connectivity index (χ1v) is 7.47. The summed E-state index contributed by atoms with van der Waals surface area (Å²) < 4.78 is 10.8. The number of aliphatic hydroxyl groups is 2. The van der Waals surface area contributed by atoms with Gasteiger partial charge < -0.3 is 19.7 Å². The van der Waals surface area contributed by atoms with Crippen molar-refractivity contribution in [3.8, 4) is 5.75 Å². The number of hydrogen-bond acceptors (Lipinski definition) is 5. The van der Waals surface area contributed by atoms with Crippen LogP contribution >= 0.6 is 0 Å². The Hall–Kier alpha value is -1.14. The number of aliphatic hydroxyl groups excluding tert-OH is 2. The average molecular weight is 295 g/mol. The summed E-state index contributed by atoms with van der Waals surface area (Å²) in [7, 11) is 1.63. The second-order valence-electron chi connectivity index (χ2n) is 5.54. The summed E-state index contributed by atoms with van der Waals surface area (Å²) in [6, 6.07) is 7.70. The zero-order valence-corrected chi connectivity index (χ0v) is 12.6. The highest BCUT2D eigenvalue weighted by molar-refractivity contribution is 5.32. The number of ether oxygens (including phenoxy) is 2. The second-order valence-corrected chi connectivity index (χ2v) is 5.54. The van der Waals surface area contributed by atoms with Gasteiger partial charge in [0, 0.05) is 18.7 Å². The van der Waals surface area contributed by atoms with E-state index in [0.717, 1.165) is 30.7 Å². The summed E-state index contributed by atoms with van der Waals surface area (Å²) in [5.74, 6) is 0.797. The molecule has 1 aliphatic rings. The molecule has 0 aromatic heterocycles. The highest BCUT2D eigenvalue weighted by atomic mass is 16.5. The van der Waals surface area contributed by atoms with Crippen LogP contribution in [0.15, 0.2) is 24.3 Å². The van der Waals surface area contributed by atoms with Crippen LogP contribution in [0.25, 0.3) is 0 Å². The number of nitrogens with zero attached hydrogens (tertiary/aromatic N) is 1. The fraction of sp³-hybridized carbons (Fsp3) is 0.625. The molecule has 2 atom stereocenters. The molecule has 0 amide bonds. The summed E-state index contributed by atoms with van der Waals surface area (Å²) in [6.45, 7) is 2.82. The van der Waals surface area contributed by atoms with Gasteiger partial charge in [0.05, 0.1) is 32.5 Å². The van der Waals surface area contributed by atoms with Gasteiger partial charge in [-0.25, -0.2) is 0 Å². The summed E-state index contributed by atoms with van der Waals surface area (Å²) in [6.07, 6.45) is 1.04. The van der Waals surface area contributed by atoms with Crippen molar-refractivity contribution in [2.45, 2.75) is 31.7 Å². The number of piperidine rings is 1. The third-order valence-electron chi connectivity index (χ3n) is 3.71. The largest absolute Gasteiger partial charge is 0.496 e. The van der Waals surface area contributed by atoms with Gasteiger partial charge >= 0.3 is 0 Å². The molecule has 1 aliphatic heterocycles. The molecule has 1 aromatic rings. The van der Waals surface area contributed by atoms with E-state index in [0.29, 0.717) is 19.7 Å². The van der Waals surface area contributed by atoms with Gasteiger partial charge in [0.2, 0.25) is 0 Å². The monoisotopic (exact) mass is 295 g/mol. The SMILES string of the molecule is COc1ccccc1COC[C@@H](O)CN1CCC[C@H](O)C1. The van der Waals surface area contributed by atoms with Crippen molar-refractivity contribution >= 4 is 0 Å². The van der Waals surface area contributed by atoms with E-state index in [4.69, 9.17) is 9.47 Å². The predicted molar refractivity (Wildman–Crippen MR) is 80.3 cm³/mol. The summed E-state index contributed by atoms with van der Waals surface area (Å²) >= 11 is 0. The van der Waals surface area contributed by atoms with Gasteiger partial charge in [-0.05, 0) is 25.5 Å². The molecule has 0 saturated carbocycles. The molecule has 0 spiro atoms. The summed E-state index contributed by atoms with van der Waals surface area (Å²) in [5, 5.41) is 19.6. The van der Waals surface area contributed by atoms with Crippen LogP contribution in [-0.2, 0) is 11.3 Å². The van der Waals surface area contributed by atoms with E-state index in [2.05, 4.69) is 4.90 Å². The van der Waals surface area contributed by atoms with E-state index in [1.54, 1.807) is 7.11 Å². The lowest BCUT2D eigenvalue weighted by atomic mass is 10.1. The zero-order valence-electron chi connectivity index (χ0n) is 12.6. The maximum atomic E-state index is 10.0. The molecular formula is C16H25NO4. The van der Waals surface area contributed by atoms with Crippen molar-refractivity contribution in [1.82, 2.24) is 4.90 Å². The molecule has 5 heteroatoms. The van der Waals surface area contributed by atoms with Crippen LogP contribution in [0, 0.1) is 0 Å². The molecular weight excluding hydrogens is 270 g/mol. The Morgan fingerprint density at radius 2 is 2.19 bits per heavy atom. The highest BCUT2D eigenvalue weighted by Crippen LogP contribution is 2.18. The molecule has 21 heavy (non-hydrogen) atoms. The van der Waals surface area contributed by atoms with E-state index in [1.165, 1.54) is 0 Å². The van der Waals surface area contributed by atoms with E-state index in [1.807, 2.05) is 24.3 Å².